The zero-order valence-electron chi connectivity index (χ0n) is 15.3. The number of aromatic nitrogens is 2. The SMILES string of the molecule is O=C(c1ccc2nc(-c3ccc(F)cc3)cn2c1)N1CC2C3CCC(O3)C2C1. The first-order chi connectivity index (χ1) is 13.7. The lowest BCUT2D eigenvalue weighted by molar-refractivity contribution is 0.0594. The van der Waals surface area contributed by atoms with Crippen molar-refractivity contribution >= 4 is 11.6 Å². The van der Waals surface area contributed by atoms with Crippen LogP contribution in [0.1, 0.15) is 23.2 Å². The zero-order chi connectivity index (χ0) is 18.8. The van der Waals surface area contributed by atoms with Crippen LogP contribution in [0.25, 0.3) is 16.9 Å². The Labute approximate surface area is 161 Å². The van der Waals surface area contributed by atoms with Gasteiger partial charge in [0.05, 0.1) is 23.5 Å². The van der Waals surface area contributed by atoms with E-state index in [1.165, 1.54) is 12.1 Å². The largest absolute Gasteiger partial charge is 0.374 e. The molecule has 0 aliphatic carbocycles. The van der Waals surface area contributed by atoms with Crippen LogP contribution in [0, 0.1) is 17.7 Å². The second-order valence-electron chi connectivity index (χ2n) is 8.14. The van der Waals surface area contributed by atoms with E-state index < -0.39 is 0 Å². The third kappa shape index (κ3) is 2.41. The van der Waals surface area contributed by atoms with Gasteiger partial charge in [-0.05, 0) is 49.2 Å². The lowest BCUT2D eigenvalue weighted by atomic mass is 9.82. The average molecular weight is 377 g/mol. The minimum atomic E-state index is -0.269. The third-order valence-electron chi connectivity index (χ3n) is 6.58. The van der Waals surface area contributed by atoms with Crippen LogP contribution in [-0.2, 0) is 4.74 Å². The molecule has 1 aromatic carbocycles. The molecule has 2 bridgehead atoms. The molecule has 4 atom stereocenters. The summed E-state index contributed by atoms with van der Waals surface area (Å²) in [5.41, 5.74) is 3.04. The first-order valence-corrected chi connectivity index (χ1v) is 9.85. The fourth-order valence-electron chi connectivity index (χ4n) is 5.19. The maximum atomic E-state index is 13.2. The Morgan fingerprint density at radius 1 is 1.00 bits per heavy atom. The number of imidazole rings is 1. The molecule has 0 saturated carbocycles. The summed E-state index contributed by atoms with van der Waals surface area (Å²) in [5.74, 6) is 0.817. The number of halogens is 1. The van der Waals surface area contributed by atoms with Crippen molar-refractivity contribution < 1.29 is 13.9 Å². The predicted octanol–water partition coefficient (Wildman–Crippen LogP) is 3.39. The van der Waals surface area contributed by atoms with Gasteiger partial charge in [-0.25, -0.2) is 9.37 Å². The summed E-state index contributed by atoms with van der Waals surface area (Å²) in [6.07, 6.45) is 6.70. The summed E-state index contributed by atoms with van der Waals surface area (Å²) in [4.78, 5) is 19.7. The number of fused-ring (bicyclic) bond motifs is 6. The van der Waals surface area contributed by atoms with Gasteiger partial charge in [0.2, 0.25) is 0 Å². The lowest BCUT2D eigenvalue weighted by Gasteiger charge is -2.19. The summed E-state index contributed by atoms with van der Waals surface area (Å²) in [5, 5.41) is 0. The van der Waals surface area contributed by atoms with E-state index in [4.69, 9.17) is 4.74 Å². The molecule has 4 unspecified atom stereocenters. The molecular formula is C22H20FN3O2. The molecule has 6 rings (SSSR count). The van der Waals surface area contributed by atoms with Gasteiger partial charge in [0.15, 0.2) is 0 Å². The molecule has 0 spiro atoms. The second kappa shape index (κ2) is 5.88. The summed E-state index contributed by atoms with van der Waals surface area (Å²) >= 11 is 0. The van der Waals surface area contributed by atoms with E-state index in [2.05, 4.69) is 4.98 Å². The fraction of sp³-hybridized carbons (Fsp3) is 0.364. The molecule has 0 radical (unpaired) electrons. The molecule has 28 heavy (non-hydrogen) atoms. The standard InChI is InChI=1S/C22H20FN3O2/c23-15-4-1-13(2-5-15)18-12-25-9-14(3-8-21(25)24-18)22(27)26-10-16-17(11-26)20-7-6-19(16)28-20/h1-5,8-9,12,16-17,19-20H,6-7,10-11H2. The highest BCUT2D eigenvalue weighted by Gasteiger charge is 2.53. The van der Waals surface area contributed by atoms with E-state index in [0.29, 0.717) is 29.6 Å². The van der Waals surface area contributed by atoms with Crippen LogP contribution in [-0.4, -0.2) is 45.5 Å². The van der Waals surface area contributed by atoms with Crippen LogP contribution in [0.5, 0.6) is 0 Å². The first kappa shape index (κ1) is 16.2. The lowest BCUT2D eigenvalue weighted by Crippen LogP contribution is -2.31. The van der Waals surface area contributed by atoms with Crippen molar-refractivity contribution in [2.24, 2.45) is 11.8 Å². The van der Waals surface area contributed by atoms with E-state index in [1.807, 2.05) is 33.8 Å². The molecule has 5 nitrogen and oxygen atoms in total. The van der Waals surface area contributed by atoms with Gasteiger partial charge >= 0.3 is 0 Å². The second-order valence-corrected chi connectivity index (χ2v) is 8.14. The molecule has 0 N–H and O–H groups in total. The number of benzene rings is 1. The van der Waals surface area contributed by atoms with Crippen LogP contribution in [0.4, 0.5) is 4.39 Å². The van der Waals surface area contributed by atoms with Crippen LogP contribution >= 0.6 is 0 Å². The fourth-order valence-corrected chi connectivity index (χ4v) is 5.19. The summed E-state index contributed by atoms with van der Waals surface area (Å²) in [6.45, 7) is 1.60. The minimum absolute atomic E-state index is 0.0766. The van der Waals surface area contributed by atoms with Crippen molar-refractivity contribution in [2.45, 2.75) is 25.0 Å². The number of amides is 1. The van der Waals surface area contributed by atoms with E-state index in [-0.39, 0.29) is 11.7 Å². The summed E-state index contributed by atoms with van der Waals surface area (Å²) in [7, 11) is 0. The highest BCUT2D eigenvalue weighted by atomic mass is 19.1. The molecule has 3 aliphatic heterocycles. The van der Waals surface area contributed by atoms with Gasteiger partial charge in [0, 0.05) is 42.9 Å². The smallest absolute Gasteiger partial charge is 0.255 e. The van der Waals surface area contributed by atoms with Crippen molar-refractivity contribution in [3.63, 3.8) is 0 Å². The molecule has 3 saturated heterocycles. The number of hydrogen-bond acceptors (Lipinski definition) is 3. The summed E-state index contributed by atoms with van der Waals surface area (Å²) in [6, 6.07) is 9.98. The van der Waals surface area contributed by atoms with Gasteiger partial charge in [0.1, 0.15) is 11.5 Å². The third-order valence-corrected chi connectivity index (χ3v) is 6.58. The number of carbonyl (C=O) groups excluding carboxylic acids is 1. The maximum absolute atomic E-state index is 13.2. The number of rotatable bonds is 2. The van der Waals surface area contributed by atoms with E-state index in [9.17, 15) is 9.18 Å². The predicted molar refractivity (Wildman–Crippen MR) is 101 cm³/mol. The molecule has 3 fully saturated rings. The molecule has 3 aliphatic rings. The molecule has 2 aromatic heterocycles. The minimum Gasteiger partial charge on any atom is -0.374 e. The van der Waals surface area contributed by atoms with Gasteiger partial charge < -0.3 is 14.0 Å². The van der Waals surface area contributed by atoms with E-state index in [0.717, 1.165) is 42.8 Å². The van der Waals surface area contributed by atoms with Crippen molar-refractivity contribution in [1.82, 2.24) is 14.3 Å². The van der Waals surface area contributed by atoms with E-state index >= 15 is 0 Å². The van der Waals surface area contributed by atoms with Crippen molar-refractivity contribution in [3.05, 3.63) is 60.2 Å². The maximum Gasteiger partial charge on any atom is 0.255 e. The van der Waals surface area contributed by atoms with Gasteiger partial charge in [0.25, 0.3) is 5.91 Å². The van der Waals surface area contributed by atoms with Crippen LogP contribution in [0.2, 0.25) is 0 Å². The van der Waals surface area contributed by atoms with Crippen molar-refractivity contribution in [2.75, 3.05) is 13.1 Å². The normalized spacial score (nSPS) is 28.2. The number of ether oxygens (including phenoxy) is 1. The zero-order valence-corrected chi connectivity index (χ0v) is 15.3. The molecule has 6 heteroatoms. The first-order valence-electron chi connectivity index (χ1n) is 9.85. The Balaban J connectivity index is 1.27. The quantitative estimate of drug-likeness (QED) is 0.688. The number of likely N-dealkylation sites (tertiary alicyclic amines) is 1. The highest BCUT2D eigenvalue weighted by molar-refractivity contribution is 5.94. The van der Waals surface area contributed by atoms with Crippen molar-refractivity contribution in [1.29, 1.82) is 0 Å². The molecular weight excluding hydrogens is 357 g/mol. The Kier molecular flexibility index (Phi) is 3.41. The average Bonchev–Trinajstić information content (AvgIpc) is 3.47. The van der Waals surface area contributed by atoms with Crippen LogP contribution in [0.15, 0.2) is 48.8 Å². The Hall–Kier alpha value is -2.73. The van der Waals surface area contributed by atoms with Crippen LogP contribution < -0.4 is 0 Å². The van der Waals surface area contributed by atoms with Gasteiger partial charge in [-0.2, -0.15) is 0 Å². The Morgan fingerprint density at radius 3 is 2.43 bits per heavy atom. The Bertz CT molecular complexity index is 1060. The topological polar surface area (TPSA) is 46.8 Å². The molecule has 5 heterocycles. The molecule has 142 valence electrons. The van der Waals surface area contributed by atoms with Crippen LogP contribution in [0.3, 0.4) is 0 Å². The molecule has 1 amide bonds. The monoisotopic (exact) mass is 377 g/mol. The van der Waals surface area contributed by atoms with Gasteiger partial charge in [-0.3, -0.25) is 4.79 Å². The number of hydrogen-bond donors (Lipinski definition) is 0. The van der Waals surface area contributed by atoms with Gasteiger partial charge in [-0.1, -0.05) is 0 Å². The van der Waals surface area contributed by atoms with E-state index in [1.54, 1.807) is 12.1 Å². The number of carbonyl (C=O) groups is 1. The van der Waals surface area contributed by atoms with Gasteiger partial charge in [-0.15, -0.1) is 0 Å². The Morgan fingerprint density at radius 2 is 1.71 bits per heavy atom. The number of nitrogens with zero attached hydrogens (tertiary/aromatic N) is 3. The number of pyridine rings is 1. The summed E-state index contributed by atoms with van der Waals surface area (Å²) < 4.78 is 21.0. The van der Waals surface area contributed by atoms with Crippen molar-refractivity contribution in [3.8, 4) is 11.3 Å². The highest BCUT2D eigenvalue weighted by Crippen LogP contribution is 2.47. The molecule has 3 aromatic rings.